The SMILES string of the molecule is O=C(O)C1CN(Cc2nc(Cc3ccc(F)cc3)no2)Cc2ccccc21. The average molecular weight is 367 g/mol. The second kappa shape index (κ2) is 7.28. The topological polar surface area (TPSA) is 79.5 Å². The zero-order chi connectivity index (χ0) is 18.8. The first kappa shape index (κ1) is 17.4. The molecule has 2 aromatic carbocycles. The van der Waals surface area contributed by atoms with Gasteiger partial charge in [-0.15, -0.1) is 0 Å². The summed E-state index contributed by atoms with van der Waals surface area (Å²) >= 11 is 0. The number of aromatic nitrogens is 2. The number of hydrogen-bond acceptors (Lipinski definition) is 5. The highest BCUT2D eigenvalue weighted by Crippen LogP contribution is 2.29. The molecule has 0 saturated carbocycles. The molecule has 27 heavy (non-hydrogen) atoms. The fourth-order valence-electron chi connectivity index (χ4n) is 3.41. The summed E-state index contributed by atoms with van der Waals surface area (Å²) < 4.78 is 18.3. The number of fused-ring (bicyclic) bond motifs is 1. The summed E-state index contributed by atoms with van der Waals surface area (Å²) in [6.45, 7) is 1.41. The van der Waals surface area contributed by atoms with Crippen molar-refractivity contribution >= 4 is 5.97 Å². The van der Waals surface area contributed by atoms with Crippen LogP contribution in [0, 0.1) is 5.82 Å². The summed E-state index contributed by atoms with van der Waals surface area (Å²) in [6, 6.07) is 13.8. The van der Waals surface area contributed by atoms with Crippen molar-refractivity contribution in [3.8, 4) is 0 Å². The van der Waals surface area contributed by atoms with Gasteiger partial charge < -0.3 is 9.63 Å². The highest BCUT2D eigenvalue weighted by atomic mass is 19.1. The molecule has 7 heteroatoms. The summed E-state index contributed by atoms with van der Waals surface area (Å²) in [6.07, 6.45) is 0.449. The van der Waals surface area contributed by atoms with Gasteiger partial charge in [0.05, 0.1) is 12.5 Å². The van der Waals surface area contributed by atoms with Crippen LogP contribution in [0.1, 0.15) is 34.3 Å². The number of halogens is 1. The van der Waals surface area contributed by atoms with Crippen LogP contribution in [0.25, 0.3) is 0 Å². The molecular formula is C20H18FN3O3. The fraction of sp³-hybridized carbons (Fsp3) is 0.250. The van der Waals surface area contributed by atoms with Crippen molar-refractivity contribution in [2.45, 2.75) is 25.4 Å². The maximum Gasteiger partial charge on any atom is 0.312 e. The zero-order valence-electron chi connectivity index (χ0n) is 14.5. The van der Waals surface area contributed by atoms with Gasteiger partial charge in [-0.1, -0.05) is 41.6 Å². The minimum Gasteiger partial charge on any atom is -0.481 e. The van der Waals surface area contributed by atoms with Gasteiger partial charge in [0.15, 0.2) is 5.82 Å². The Balaban J connectivity index is 1.46. The Morgan fingerprint density at radius 1 is 1.22 bits per heavy atom. The third-order valence-electron chi connectivity index (χ3n) is 4.71. The summed E-state index contributed by atoms with van der Waals surface area (Å²) in [5.41, 5.74) is 2.76. The molecule has 1 atom stereocenters. The number of carboxylic acids is 1. The Hall–Kier alpha value is -3.06. The lowest BCUT2D eigenvalue weighted by molar-refractivity contribution is -0.139. The third kappa shape index (κ3) is 3.88. The van der Waals surface area contributed by atoms with Crippen LogP contribution in [0.3, 0.4) is 0 Å². The number of nitrogens with zero attached hydrogens (tertiary/aromatic N) is 3. The maximum atomic E-state index is 13.0. The van der Waals surface area contributed by atoms with Gasteiger partial charge in [-0.2, -0.15) is 4.98 Å². The first-order valence-electron chi connectivity index (χ1n) is 8.67. The van der Waals surface area contributed by atoms with Crippen LogP contribution in [0.2, 0.25) is 0 Å². The maximum absolute atomic E-state index is 13.0. The molecular weight excluding hydrogens is 349 g/mol. The number of benzene rings is 2. The molecule has 2 heterocycles. The Morgan fingerprint density at radius 3 is 2.78 bits per heavy atom. The lowest BCUT2D eigenvalue weighted by Gasteiger charge is -2.31. The second-order valence-corrected chi connectivity index (χ2v) is 6.67. The first-order valence-corrected chi connectivity index (χ1v) is 8.67. The van der Waals surface area contributed by atoms with Gasteiger partial charge in [-0.3, -0.25) is 9.69 Å². The molecule has 0 fully saturated rings. The number of hydrogen-bond donors (Lipinski definition) is 1. The minimum atomic E-state index is -0.838. The van der Waals surface area contributed by atoms with E-state index in [1.807, 2.05) is 29.2 Å². The van der Waals surface area contributed by atoms with E-state index in [9.17, 15) is 14.3 Å². The summed E-state index contributed by atoms with van der Waals surface area (Å²) in [7, 11) is 0. The molecule has 0 radical (unpaired) electrons. The van der Waals surface area contributed by atoms with Crippen LogP contribution in [0.4, 0.5) is 4.39 Å². The van der Waals surface area contributed by atoms with E-state index in [0.29, 0.717) is 37.8 Å². The Kier molecular flexibility index (Phi) is 4.68. The van der Waals surface area contributed by atoms with E-state index in [4.69, 9.17) is 4.52 Å². The minimum absolute atomic E-state index is 0.286. The monoisotopic (exact) mass is 367 g/mol. The summed E-state index contributed by atoms with van der Waals surface area (Å²) in [5, 5.41) is 13.5. The second-order valence-electron chi connectivity index (χ2n) is 6.67. The van der Waals surface area contributed by atoms with Crippen molar-refractivity contribution in [1.29, 1.82) is 0 Å². The highest BCUT2D eigenvalue weighted by Gasteiger charge is 2.30. The molecule has 138 valence electrons. The molecule has 1 aromatic heterocycles. The lowest BCUT2D eigenvalue weighted by atomic mass is 9.90. The lowest BCUT2D eigenvalue weighted by Crippen LogP contribution is -2.36. The molecule has 0 aliphatic carbocycles. The van der Waals surface area contributed by atoms with Crippen LogP contribution in [0.5, 0.6) is 0 Å². The standard InChI is InChI=1S/C20H18FN3O3/c21-15-7-5-13(6-8-15)9-18-22-19(27-23-18)12-24-10-14-3-1-2-4-16(14)17(11-24)20(25)26/h1-8,17H,9-12H2,(H,25,26). The molecule has 1 N–H and O–H groups in total. The molecule has 3 aromatic rings. The number of aliphatic carboxylic acids is 1. The molecule has 0 amide bonds. The van der Waals surface area contributed by atoms with E-state index in [1.165, 1.54) is 12.1 Å². The molecule has 1 aliphatic rings. The predicted octanol–water partition coefficient (Wildman–Crippen LogP) is 2.98. The van der Waals surface area contributed by atoms with Crippen LogP contribution < -0.4 is 0 Å². The largest absolute Gasteiger partial charge is 0.481 e. The quantitative estimate of drug-likeness (QED) is 0.747. The fourth-order valence-corrected chi connectivity index (χ4v) is 3.41. The van der Waals surface area contributed by atoms with Gasteiger partial charge in [0.25, 0.3) is 0 Å². The van der Waals surface area contributed by atoms with Gasteiger partial charge in [-0.25, -0.2) is 4.39 Å². The van der Waals surface area contributed by atoms with Crippen LogP contribution in [-0.2, 0) is 24.3 Å². The molecule has 6 nitrogen and oxygen atoms in total. The average Bonchev–Trinajstić information content (AvgIpc) is 3.09. The normalized spacial score (nSPS) is 16.9. The molecule has 1 unspecified atom stereocenters. The molecule has 0 saturated heterocycles. The highest BCUT2D eigenvalue weighted by molar-refractivity contribution is 5.77. The molecule has 4 rings (SSSR count). The van der Waals surface area contributed by atoms with Crippen molar-refractivity contribution in [2.75, 3.05) is 6.54 Å². The van der Waals surface area contributed by atoms with Crippen LogP contribution in [0.15, 0.2) is 53.1 Å². The van der Waals surface area contributed by atoms with Crippen molar-refractivity contribution in [2.24, 2.45) is 0 Å². The van der Waals surface area contributed by atoms with E-state index in [1.54, 1.807) is 12.1 Å². The van der Waals surface area contributed by atoms with Crippen LogP contribution >= 0.6 is 0 Å². The van der Waals surface area contributed by atoms with Gasteiger partial charge in [0.1, 0.15) is 5.82 Å². The van der Waals surface area contributed by atoms with Crippen molar-refractivity contribution in [1.82, 2.24) is 15.0 Å². The van der Waals surface area contributed by atoms with Crippen molar-refractivity contribution in [3.05, 3.63) is 82.8 Å². The van der Waals surface area contributed by atoms with Crippen molar-refractivity contribution in [3.63, 3.8) is 0 Å². The van der Waals surface area contributed by atoms with E-state index in [-0.39, 0.29) is 5.82 Å². The summed E-state index contributed by atoms with van der Waals surface area (Å²) in [5.74, 6) is -0.739. The van der Waals surface area contributed by atoms with Gasteiger partial charge in [0, 0.05) is 19.5 Å². The number of rotatable bonds is 5. The Bertz CT molecular complexity index is 955. The zero-order valence-corrected chi connectivity index (χ0v) is 14.5. The van der Waals surface area contributed by atoms with Gasteiger partial charge >= 0.3 is 5.97 Å². The predicted molar refractivity (Wildman–Crippen MR) is 94.4 cm³/mol. The number of carboxylic acid groups (broad SMARTS) is 1. The summed E-state index contributed by atoms with van der Waals surface area (Å²) in [4.78, 5) is 18.0. The number of carbonyl (C=O) groups is 1. The van der Waals surface area contributed by atoms with E-state index < -0.39 is 11.9 Å². The molecule has 1 aliphatic heterocycles. The van der Waals surface area contributed by atoms with E-state index in [2.05, 4.69) is 10.1 Å². The van der Waals surface area contributed by atoms with E-state index in [0.717, 1.165) is 16.7 Å². The van der Waals surface area contributed by atoms with Crippen molar-refractivity contribution < 1.29 is 18.8 Å². The molecule has 0 bridgehead atoms. The van der Waals surface area contributed by atoms with Gasteiger partial charge in [0.2, 0.25) is 5.89 Å². The Morgan fingerprint density at radius 2 is 2.00 bits per heavy atom. The smallest absolute Gasteiger partial charge is 0.312 e. The first-order chi connectivity index (χ1) is 13.1. The van der Waals surface area contributed by atoms with Gasteiger partial charge in [-0.05, 0) is 28.8 Å². The molecule has 0 spiro atoms. The van der Waals surface area contributed by atoms with Crippen LogP contribution in [-0.4, -0.2) is 32.7 Å². The Labute approximate surface area is 155 Å². The third-order valence-corrected chi connectivity index (χ3v) is 4.71. The van der Waals surface area contributed by atoms with E-state index >= 15 is 0 Å².